The predicted molar refractivity (Wildman–Crippen MR) is 99.5 cm³/mol. The first-order valence-electron chi connectivity index (χ1n) is 9.02. The number of piperazine rings is 1. The number of carbonyl (C=O) groups excluding carboxylic acids is 2. The molecule has 1 fully saturated rings. The van der Waals surface area contributed by atoms with Crippen LogP contribution in [-0.4, -0.2) is 79.9 Å². The van der Waals surface area contributed by atoms with Crippen LogP contribution in [0.2, 0.25) is 0 Å². The molecule has 138 valence electrons. The fourth-order valence-corrected chi connectivity index (χ4v) is 2.94. The van der Waals surface area contributed by atoms with Crippen LogP contribution < -0.4 is 5.32 Å². The standard InChI is InChI=1S/C19H30N4O2/c1-4-22(12-9-18(24)23-13-10-20-11-14-23)15-16-5-7-17(8-6-16)19(25)21(2)3/h5-8,20H,4,9-15H2,1-3H3. The highest BCUT2D eigenvalue weighted by molar-refractivity contribution is 5.93. The van der Waals surface area contributed by atoms with Gasteiger partial charge in [0.1, 0.15) is 0 Å². The van der Waals surface area contributed by atoms with E-state index in [1.54, 1.807) is 19.0 Å². The number of hydrogen-bond acceptors (Lipinski definition) is 4. The maximum Gasteiger partial charge on any atom is 0.253 e. The molecular weight excluding hydrogens is 316 g/mol. The molecule has 0 saturated carbocycles. The third-order valence-electron chi connectivity index (χ3n) is 4.57. The Bertz CT molecular complexity index is 565. The van der Waals surface area contributed by atoms with Crippen molar-refractivity contribution in [3.8, 4) is 0 Å². The highest BCUT2D eigenvalue weighted by Gasteiger charge is 2.17. The number of nitrogens with one attached hydrogen (secondary N) is 1. The van der Waals surface area contributed by atoms with Crippen LogP contribution in [0.15, 0.2) is 24.3 Å². The zero-order chi connectivity index (χ0) is 18.2. The number of carbonyl (C=O) groups is 2. The first kappa shape index (κ1) is 19.4. The van der Waals surface area contributed by atoms with E-state index in [1.807, 2.05) is 29.2 Å². The van der Waals surface area contributed by atoms with Crippen molar-refractivity contribution in [2.75, 3.05) is 53.4 Å². The molecule has 1 N–H and O–H groups in total. The third kappa shape index (κ3) is 5.83. The van der Waals surface area contributed by atoms with Crippen LogP contribution in [-0.2, 0) is 11.3 Å². The predicted octanol–water partition coefficient (Wildman–Crippen LogP) is 1.03. The van der Waals surface area contributed by atoms with Crippen molar-refractivity contribution in [2.24, 2.45) is 0 Å². The fourth-order valence-electron chi connectivity index (χ4n) is 2.94. The monoisotopic (exact) mass is 346 g/mol. The van der Waals surface area contributed by atoms with Crippen LogP contribution >= 0.6 is 0 Å². The van der Waals surface area contributed by atoms with Crippen molar-refractivity contribution in [1.29, 1.82) is 0 Å². The number of rotatable bonds is 7. The summed E-state index contributed by atoms with van der Waals surface area (Å²) in [6.07, 6.45) is 0.561. The van der Waals surface area contributed by atoms with Gasteiger partial charge in [-0.3, -0.25) is 14.5 Å². The summed E-state index contributed by atoms with van der Waals surface area (Å²) in [6, 6.07) is 7.74. The van der Waals surface area contributed by atoms with E-state index < -0.39 is 0 Å². The van der Waals surface area contributed by atoms with Gasteiger partial charge in [-0.25, -0.2) is 0 Å². The van der Waals surface area contributed by atoms with Gasteiger partial charge in [-0.1, -0.05) is 19.1 Å². The summed E-state index contributed by atoms with van der Waals surface area (Å²) in [5, 5.41) is 3.27. The van der Waals surface area contributed by atoms with E-state index in [1.165, 1.54) is 0 Å². The fraction of sp³-hybridized carbons (Fsp3) is 0.579. The Balaban J connectivity index is 1.84. The van der Waals surface area contributed by atoms with Gasteiger partial charge in [-0.05, 0) is 24.2 Å². The molecule has 1 aromatic rings. The zero-order valence-corrected chi connectivity index (χ0v) is 15.6. The Morgan fingerprint density at radius 1 is 1.12 bits per heavy atom. The minimum absolute atomic E-state index is 0.0144. The van der Waals surface area contributed by atoms with Gasteiger partial charge in [-0.2, -0.15) is 0 Å². The van der Waals surface area contributed by atoms with E-state index in [0.717, 1.165) is 51.4 Å². The Labute approximate surface area is 150 Å². The largest absolute Gasteiger partial charge is 0.345 e. The molecule has 25 heavy (non-hydrogen) atoms. The molecule has 1 aliphatic heterocycles. The van der Waals surface area contributed by atoms with E-state index in [0.29, 0.717) is 12.0 Å². The van der Waals surface area contributed by atoms with E-state index in [2.05, 4.69) is 17.1 Å². The summed E-state index contributed by atoms with van der Waals surface area (Å²) in [5.41, 5.74) is 1.86. The minimum Gasteiger partial charge on any atom is -0.345 e. The van der Waals surface area contributed by atoms with E-state index >= 15 is 0 Å². The van der Waals surface area contributed by atoms with Gasteiger partial charge >= 0.3 is 0 Å². The second-order valence-electron chi connectivity index (χ2n) is 6.65. The molecule has 2 rings (SSSR count). The lowest BCUT2D eigenvalue weighted by Gasteiger charge is -2.28. The van der Waals surface area contributed by atoms with Gasteiger partial charge in [0, 0.05) is 65.3 Å². The van der Waals surface area contributed by atoms with Crippen LogP contribution in [0.3, 0.4) is 0 Å². The molecule has 0 radical (unpaired) electrons. The molecule has 0 atom stereocenters. The lowest BCUT2D eigenvalue weighted by molar-refractivity contribution is -0.132. The second kappa shape index (κ2) is 9.53. The molecule has 0 spiro atoms. The SMILES string of the molecule is CCN(CCC(=O)N1CCNCC1)Cc1ccc(C(=O)N(C)C)cc1. The molecule has 6 heteroatoms. The molecule has 1 heterocycles. The smallest absolute Gasteiger partial charge is 0.253 e. The van der Waals surface area contributed by atoms with Crippen molar-refractivity contribution < 1.29 is 9.59 Å². The van der Waals surface area contributed by atoms with Gasteiger partial charge < -0.3 is 15.1 Å². The van der Waals surface area contributed by atoms with Gasteiger partial charge in [0.25, 0.3) is 5.91 Å². The third-order valence-corrected chi connectivity index (χ3v) is 4.57. The summed E-state index contributed by atoms with van der Waals surface area (Å²) in [4.78, 5) is 30.0. The molecule has 6 nitrogen and oxygen atoms in total. The van der Waals surface area contributed by atoms with Crippen molar-refractivity contribution >= 4 is 11.8 Å². The van der Waals surface area contributed by atoms with Gasteiger partial charge in [0.2, 0.25) is 5.91 Å². The maximum atomic E-state index is 12.3. The Hall–Kier alpha value is -1.92. The maximum absolute atomic E-state index is 12.3. The summed E-state index contributed by atoms with van der Waals surface area (Å²) >= 11 is 0. The second-order valence-corrected chi connectivity index (χ2v) is 6.65. The quantitative estimate of drug-likeness (QED) is 0.801. The van der Waals surface area contributed by atoms with E-state index in [-0.39, 0.29) is 11.8 Å². The lowest BCUT2D eigenvalue weighted by atomic mass is 10.1. The average Bonchev–Trinajstić information content (AvgIpc) is 2.65. The van der Waals surface area contributed by atoms with Crippen molar-refractivity contribution in [2.45, 2.75) is 19.9 Å². The summed E-state index contributed by atoms with van der Waals surface area (Å²) in [5.74, 6) is 0.257. The number of nitrogens with zero attached hydrogens (tertiary/aromatic N) is 3. The van der Waals surface area contributed by atoms with Gasteiger partial charge in [0.05, 0.1) is 0 Å². The first-order chi connectivity index (χ1) is 12.0. The molecule has 1 aromatic carbocycles. The average molecular weight is 346 g/mol. The molecule has 0 aromatic heterocycles. The molecule has 1 saturated heterocycles. The minimum atomic E-state index is 0.0144. The van der Waals surface area contributed by atoms with E-state index in [9.17, 15) is 9.59 Å². The highest BCUT2D eigenvalue weighted by atomic mass is 16.2. The van der Waals surface area contributed by atoms with Crippen LogP contribution in [0.1, 0.15) is 29.3 Å². The summed E-state index contributed by atoms with van der Waals surface area (Å²) in [7, 11) is 3.51. The molecule has 0 bridgehead atoms. The van der Waals surface area contributed by atoms with Crippen LogP contribution in [0.25, 0.3) is 0 Å². The normalized spacial score (nSPS) is 14.6. The van der Waals surface area contributed by atoms with Crippen molar-refractivity contribution in [3.63, 3.8) is 0 Å². The Morgan fingerprint density at radius 2 is 1.76 bits per heavy atom. The van der Waals surface area contributed by atoms with Crippen LogP contribution in [0.5, 0.6) is 0 Å². The Kier molecular flexibility index (Phi) is 7.40. The number of hydrogen-bond donors (Lipinski definition) is 1. The lowest BCUT2D eigenvalue weighted by Crippen LogP contribution is -2.47. The molecule has 0 unspecified atom stereocenters. The van der Waals surface area contributed by atoms with Crippen molar-refractivity contribution in [3.05, 3.63) is 35.4 Å². The first-order valence-corrected chi connectivity index (χ1v) is 9.02. The van der Waals surface area contributed by atoms with Gasteiger partial charge in [0.15, 0.2) is 0 Å². The summed E-state index contributed by atoms with van der Waals surface area (Å²) < 4.78 is 0. The van der Waals surface area contributed by atoms with Crippen molar-refractivity contribution in [1.82, 2.24) is 20.0 Å². The molecular formula is C19H30N4O2. The van der Waals surface area contributed by atoms with Gasteiger partial charge in [-0.15, -0.1) is 0 Å². The molecule has 0 aliphatic carbocycles. The molecule has 2 amide bonds. The molecule has 1 aliphatic rings. The Morgan fingerprint density at radius 3 is 2.32 bits per heavy atom. The van der Waals surface area contributed by atoms with Crippen LogP contribution in [0.4, 0.5) is 0 Å². The summed E-state index contributed by atoms with van der Waals surface area (Å²) in [6.45, 7) is 7.97. The number of amides is 2. The highest BCUT2D eigenvalue weighted by Crippen LogP contribution is 2.10. The topological polar surface area (TPSA) is 55.9 Å². The van der Waals surface area contributed by atoms with Crippen LogP contribution in [0, 0.1) is 0 Å². The zero-order valence-electron chi connectivity index (χ0n) is 15.6. The van der Waals surface area contributed by atoms with E-state index in [4.69, 9.17) is 0 Å². The number of benzene rings is 1.